The number of aliphatic hydroxyl groups is 1. The Bertz CT molecular complexity index is 774. The quantitative estimate of drug-likeness (QED) is 0.288. The molecule has 2 fully saturated rings. The van der Waals surface area contributed by atoms with Gasteiger partial charge in [0, 0.05) is 25.6 Å². The molecule has 10 heteroatoms. The Hall–Kier alpha value is -2.33. The van der Waals surface area contributed by atoms with E-state index in [2.05, 4.69) is 15.3 Å². The van der Waals surface area contributed by atoms with E-state index in [1.54, 1.807) is 11.8 Å². The third kappa shape index (κ3) is 6.10. The number of amides is 2. The monoisotopic (exact) mass is 437 g/mol. The summed E-state index contributed by atoms with van der Waals surface area (Å²) in [4.78, 5) is 33.8. The number of carbonyl (C=O) groups excluding carboxylic acids is 2. The number of rotatable bonds is 10. The van der Waals surface area contributed by atoms with Crippen molar-refractivity contribution < 1.29 is 24.3 Å². The van der Waals surface area contributed by atoms with Crippen molar-refractivity contribution in [2.75, 3.05) is 31.1 Å². The first-order valence-electron chi connectivity index (χ1n) is 11.0. The van der Waals surface area contributed by atoms with Crippen LogP contribution in [-0.4, -0.2) is 63.9 Å². The summed E-state index contributed by atoms with van der Waals surface area (Å²) >= 11 is 0. The zero-order chi connectivity index (χ0) is 22.4. The maximum Gasteiger partial charge on any atom is 0.233 e. The fourth-order valence-electron chi connectivity index (χ4n) is 4.60. The molecule has 1 saturated heterocycles. The Kier molecular flexibility index (Phi) is 8.14. The number of aryl methyl sites for hydroxylation is 1. The van der Waals surface area contributed by atoms with Gasteiger partial charge in [0.05, 0.1) is 19.0 Å². The Morgan fingerprint density at radius 3 is 2.71 bits per heavy atom. The van der Waals surface area contributed by atoms with Crippen LogP contribution in [0.5, 0.6) is 0 Å². The number of halogens is 1. The van der Waals surface area contributed by atoms with Gasteiger partial charge in [-0.25, -0.2) is 19.4 Å². The topological polar surface area (TPSA) is 119 Å². The highest BCUT2D eigenvalue weighted by Gasteiger charge is 2.29. The molecule has 9 nitrogen and oxygen atoms in total. The van der Waals surface area contributed by atoms with Crippen LogP contribution in [0.25, 0.3) is 0 Å². The number of hydrogen-bond donors (Lipinski definition) is 3. The number of carbonyl (C=O) groups is 2. The molecule has 1 aliphatic carbocycles. The molecule has 2 amide bonds. The van der Waals surface area contributed by atoms with Crippen molar-refractivity contribution >= 4 is 18.1 Å². The molecule has 1 aromatic heterocycles. The van der Waals surface area contributed by atoms with Crippen molar-refractivity contribution in [1.29, 1.82) is 0 Å². The average molecular weight is 438 g/mol. The first kappa shape index (κ1) is 23.3. The van der Waals surface area contributed by atoms with Gasteiger partial charge in [0.1, 0.15) is 11.5 Å². The lowest BCUT2D eigenvalue weighted by Crippen LogP contribution is -2.38. The number of nitrogens with one attached hydrogen (secondary N) is 1. The van der Waals surface area contributed by atoms with E-state index in [9.17, 15) is 19.9 Å². The van der Waals surface area contributed by atoms with Crippen molar-refractivity contribution in [2.45, 2.75) is 52.0 Å². The van der Waals surface area contributed by atoms with Gasteiger partial charge in [-0.1, -0.05) is 25.7 Å². The van der Waals surface area contributed by atoms with Crippen LogP contribution in [0.1, 0.15) is 50.0 Å². The highest BCUT2D eigenvalue weighted by atomic mass is 19.1. The molecule has 0 aromatic carbocycles. The predicted molar refractivity (Wildman–Crippen MR) is 111 cm³/mol. The Morgan fingerprint density at radius 2 is 2.06 bits per heavy atom. The number of hydrogen-bond acceptors (Lipinski definition) is 7. The van der Waals surface area contributed by atoms with Crippen molar-refractivity contribution in [3.8, 4) is 0 Å². The highest BCUT2D eigenvalue weighted by molar-refractivity contribution is 5.79. The second kappa shape index (κ2) is 10.8. The van der Waals surface area contributed by atoms with Crippen LogP contribution in [0, 0.1) is 30.5 Å². The SMILES string of the molecule is Cc1nc(CNC(=O)[C@H](CC2CCCC2)CN(O)C=O)c(F)c(N2CC[C@@H](CO)C2)n1. The van der Waals surface area contributed by atoms with Crippen molar-refractivity contribution in [3.05, 3.63) is 17.3 Å². The van der Waals surface area contributed by atoms with E-state index in [1.807, 2.05) is 0 Å². The van der Waals surface area contributed by atoms with E-state index in [0.717, 1.165) is 32.1 Å². The molecule has 0 bridgehead atoms. The van der Waals surface area contributed by atoms with Gasteiger partial charge in [0.25, 0.3) is 0 Å². The van der Waals surface area contributed by atoms with Gasteiger partial charge in [-0.2, -0.15) is 0 Å². The van der Waals surface area contributed by atoms with Crippen LogP contribution in [0.3, 0.4) is 0 Å². The largest absolute Gasteiger partial charge is 0.396 e. The lowest BCUT2D eigenvalue weighted by atomic mass is 9.92. The molecule has 2 aliphatic rings. The summed E-state index contributed by atoms with van der Waals surface area (Å²) in [6.07, 6.45) is 5.93. The maximum atomic E-state index is 15.1. The van der Waals surface area contributed by atoms with Crippen molar-refractivity contribution in [2.24, 2.45) is 17.8 Å². The minimum Gasteiger partial charge on any atom is -0.396 e. The minimum atomic E-state index is -0.576. The van der Waals surface area contributed by atoms with Crippen LogP contribution < -0.4 is 10.2 Å². The molecular formula is C21H32FN5O4. The van der Waals surface area contributed by atoms with Gasteiger partial charge in [0.15, 0.2) is 11.6 Å². The smallest absolute Gasteiger partial charge is 0.233 e. The van der Waals surface area contributed by atoms with Gasteiger partial charge in [0.2, 0.25) is 12.3 Å². The van der Waals surface area contributed by atoms with Crippen LogP contribution in [0.4, 0.5) is 10.2 Å². The summed E-state index contributed by atoms with van der Waals surface area (Å²) in [7, 11) is 0. The van der Waals surface area contributed by atoms with Gasteiger partial charge < -0.3 is 15.3 Å². The first-order chi connectivity index (χ1) is 14.9. The fourth-order valence-corrected chi connectivity index (χ4v) is 4.60. The van der Waals surface area contributed by atoms with Crippen LogP contribution in [0.2, 0.25) is 0 Å². The lowest BCUT2D eigenvalue weighted by Gasteiger charge is -2.23. The molecule has 0 radical (unpaired) electrons. The van der Waals surface area contributed by atoms with E-state index >= 15 is 4.39 Å². The van der Waals surface area contributed by atoms with E-state index in [4.69, 9.17) is 0 Å². The summed E-state index contributed by atoms with van der Waals surface area (Å²) in [6, 6.07) is 0. The second-order valence-corrected chi connectivity index (χ2v) is 8.67. The number of aliphatic hydroxyl groups excluding tert-OH is 1. The number of aromatic nitrogens is 2. The zero-order valence-electron chi connectivity index (χ0n) is 18.0. The molecule has 1 saturated carbocycles. The van der Waals surface area contributed by atoms with Crippen molar-refractivity contribution in [3.63, 3.8) is 0 Å². The first-order valence-corrected chi connectivity index (χ1v) is 11.0. The van der Waals surface area contributed by atoms with Crippen molar-refractivity contribution in [1.82, 2.24) is 20.3 Å². The number of nitrogens with zero attached hydrogens (tertiary/aromatic N) is 4. The van der Waals surface area contributed by atoms with Gasteiger partial charge in [-0.05, 0) is 25.7 Å². The second-order valence-electron chi connectivity index (χ2n) is 8.67. The highest BCUT2D eigenvalue weighted by Crippen LogP contribution is 2.31. The standard InChI is InChI=1S/C21H32FN5O4/c1-14-24-18(19(22)20(25-14)26-7-6-16(10-26)12-28)9-23-21(30)17(11-27(31)13-29)8-15-4-2-3-5-15/h13,15-17,28,31H,2-12H2,1H3,(H,23,30)/t16-,17-/m1/s1. The lowest BCUT2D eigenvalue weighted by molar-refractivity contribution is -0.155. The normalized spacial score (nSPS) is 20.1. The van der Waals surface area contributed by atoms with Crippen LogP contribution >= 0.6 is 0 Å². The molecule has 0 unspecified atom stereocenters. The fraction of sp³-hybridized carbons (Fsp3) is 0.714. The molecular weight excluding hydrogens is 405 g/mol. The molecule has 2 atom stereocenters. The molecule has 3 N–H and O–H groups in total. The number of hydroxylamine groups is 2. The van der Waals surface area contributed by atoms with Crippen LogP contribution in [0.15, 0.2) is 0 Å². The van der Waals surface area contributed by atoms with E-state index in [0.29, 0.717) is 36.3 Å². The molecule has 1 aromatic rings. The molecule has 3 rings (SSSR count). The summed E-state index contributed by atoms with van der Waals surface area (Å²) in [5.74, 6) is -0.424. The average Bonchev–Trinajstić information content (AvgIpc) is 3.45. The van der Waals surface area contributed by atoms with E-state index in [1.165, 1.54) is 0 Å². The molecule has 2 heterocycles. The third-order valence-electron chi connectivity index (χ3n) is 6.28. The predicted octanol–water partition coefficient (Wildman–Crippen LogP) is 1.40. The Morgan fingerprint density at radius 1 is 1.32 bits per heavy atom. The van der Waals surface area contributed by atoms with Gasteiger partial charge >= 0.3 is 0 Å². The Labute approximate surface area is 181 Å². The summed E-state index contributed by atoms with van der Waals surface area (Å²) in [5.41, 5.74) is 0.0964. The number of anilines is 1. The summed E-state index contributed by atoms with van der Waals surface area (Å²) in [6.45, 7) is 2.65. The molecule has 1 aliphatic heterocycles. The molecule has 172 valence electrons. The molecule has 0 spiro atoms. The Balaban J connectivity index is 1.67. The van der Waals surface area contributed by atoms with Gasteiger partial charge in [-0.3, -0.25) is 14.8 Å². The van der Waals surface area contributed by atoms with Gasteiger partial charge in [-0.15, -0.1) is 0 Å². The van der Waals surface area contributed by atoms with Crippen LogP contribution in [-0.2, 0) is 16.1 Å². The summed E-state index contributed by atoms with van der Waals surface area (Å²) < 4.78 is 15.1. The minimum absolute atomic E-state index is 0.0517. The van der Waals surface area contributed by atoms with E-state index in [-0.39, 0.29) is 49.4 Å². The maximum absolute atomic E-state index is 15.1. The molecule has 31 heavy (non-hydrogen) atoms. The van der Waals surface area contributed by atoms with E-state index < -0.39 is 11.7 Å². The zero-order valence-corrected chi connectivity index (χ0v) is 18.0. The third-order valence-corrected chi connectivity index (χ3v) is 6.28. The summed E-state index contributed by atoms with van der Waals surface area (Å²) in [5, 5.41) is 22.2.